The quantitative estimate of drug-likeness (QED) is 0.666. The molecule has 150 valence electrons. The van der Waals surface area contributed by atoms with Gasteiger partial charge in [0.1, 0.15) is 17.9 Å². The number of morpholine rings is 1. The average molecular weight is 401 g/mol. The summed E-state index contributed by atoms with van der Waals surface area (Å²) >= 11 is 0. The second kappa shape index (κ2) is 6.87. The molecule has 2 saturated heterocycles. The summed E-state index contributed by atoms with van der Waals surface area (Å²) in [6.45, 7) is 3.12. The van der Waals surface area contributed by atoms with Crippen LogP contribution in [0.2, 0.25) is 0 Å². The van der Waals surface area contributed by atoms with E-state index < -0.39 is 6.04 Å². The van der Waals surface area contributed by atoms with Crippen LogP contribution in [0.15, 0.2) is 24.5 Å². The first kappa shape index (κ1) is 18.2. The number of nitrogens with one attached hydrogen (secondary N) is 1. The first-order chi connectivity index (χ1) is 14.6. The largest absolute Gasteiger partial charge is 0.396 e. The zero-order valence-corrected chi connectivity index (χ0v) is 16.3. The summed E-state index contributed by atoms with van der Waals surface area (Å²) in [5.74, 6) is 1.16. The zero-order chi connectivity index (χ0) is 20.8. The Balaban J connectivity index is 1.60. The Labute approximate surface area is 172 Å². The SMILES string of the molecule is C[C@H](C#N)Nc1cc(-n2ncc3cc(C#N)c(N4C[C@H]5C[C@@H]4CO5)nc32)ncc1N. The molecule has 2 fully saturated rings. The third-order valence-corrected chi connectivity index (χ3v) is 5.52. The second-order valence-electron chi connectivity index (χ2n) is 7.56. The highest BCUT2D eigenvalue weighted by Gasteiger charge is 2.40. The highest BCUT2D eigenvalue weighted by atomic mass is 16.5. The number of nitriles is 2. The lowest BCUT2D eigenvalue weighted by molar-refractivity contribution is 0.0989. The predicted octanol–water partition coefficient (Wildman–Crippen LogP) is 1.57. The van der Waals surface area contributed by atoms with Crippen molar-refractivity contribution >= 4 is 28.2 Å². The van der Waals surface area contributed by atoms with Crippen molar-refractivity contribution in [3.8, 4) is 18.0 Å². The lowest BCUT2D eigenvalue weighted by atomic mass is 10.2. The molecule has 5 heterocycles. The number of rotatable bonds is 4. The van der Waals surface area contributed by atoms with E-state index in [1.165, 1.54) is 6.20 Å². The molecule has 2 bridgehead atoms. The van der Waals surface area contributed by atoms with Crippen molar-refractivity contribution in [3.05, 3.63) is 30.1 Å². The fourth-order valence-electron chi connectivity index (χ4n) is 4.04. The summed E-state index contributed by atoms with van der Waals surface area (Å²) < 4.78 is 7.30. The highest BCUT2D eigenvalue weighted by molar-refractivity contribution is 5.82. The molecule has 30 heavy (non-hydrogen) atoms. The molecule has 0 aliphatic carbocycles. The standard InChI is InChI=1S/C20H19N9O/c1-11(5-21)26-17-4-18(24-8-16(17)23)29-20-13(7-25-29)2-12(6-22)19(27-20)28-9-15-3-14(28)10-30-15/h2,4,7-8,11,14-15H,3,9-10,23H2,1H3,(H,24,26)/t11-,14-,15-/m1/s1. The number of hydrogen-bond acceptors (Lipinski definition) is 9. The van der Waals surface area contributed by atoms with Crippen LogP contribution in [0.3, 0.4) is 0 Å². The maximum Gasteiger partial charge on any atom is 0.167 e. The lowest BCUT2D eigenvalue weighted by Crippen LogP contribution is -2.38. The molecule has 10 nitrogen and oxygen atoms in total. The molecular weight excluding hydrogens is 382 g/mol. The minimum Gasteiger partial charge on any atom is -0.396 e. The van der Waals surface area contributed by atoms with Gasteiger partial charge in [-0.1, -0.05) is 0 Å². The van der Waals surface area contributed by atoms with Gasteiger partial charge >= 0.3 is 0 Å². The van der Waals surface area contributed by atoms with Crippen LogP contribution in [0.25, 0.3) is 16.9 Å². The normalized spacial score (nSPS) is 20.8. The van der Waals surface area contributed by atoms with Crippen LogP contribution >= 0.6 is 0 Å². The Morgan fingerprint density at radius 3 is 2.90 bits per heavy atom. The number of nitrogens with zero attached hydrogens (tertiary/aromatic N) is 7. The minimum atomic E-state index is -0.410. The molecule has 0 radical (unpaired) electrons. The smallest absolute Gasteiger partial charge is 0.167 e. The number of pyridine rings is 2. The summed E-state index contributed by atoms with van der Waals surface area (Å²) in [6, 6.07) is 7.76. The van der Waals surface area contributed by atoms with Gasteiger partial charge in [-0.05, 0) is 19.4 Å². The Morgan fingerprint density at radius 1 is 1.33 bits per heavy atom. The molecule has 5 rings (SSSR count). The summed E-state index contributed by atoms with van der Waals surface area (Å²) in [6.07, 6.45) is 4.33. The van der Waals surface area contributed by atoms with Gasteiger partial charge in [-0.15, -0.1) is 0 Å². The average Bonchev–Trinajstić information content (AvgIpc) is 3.49. The Bertz CT molecular complexity index is 1220. The third kappa shape index (κ3) is 2.86. The molecule has 3 aromatic heterocycles. The van der Waals surface area contributed by atoms with Crippen molar-refractivity contribution in [1.82, 2.24) is 19.7 Å². The van der Waals surface area contributed by atoms with Crippen LogP contribution in [0.1, 0.15) is 18.9 Å². The topological polar surface area (TPSA) is 142 Å². The molecule has 2 aliphatic heterocycles. The van der Waals surface area contributed by atoms with Crippen LogP contribution < -0.4 is 16.0 Å². The van der Waals surface area contributed by atoms with Gasteiger partial charge in [0.05, 0.1) is 54.2 Å². The molecule has 0 unspecified atom stereocenters. The summed E-state index contributed by atoms with van der Waals surface area (Å²) in [5, 5.41) is 27.0. The van der Waals surface area contributed by atoms with Crippen molar-refractivity contribution in [2.75, 3.05) is 29.1 Å². The number of ether oxygens (including phenoxy) is 1. The molecular formula is C20H19N9O. The van der Waals surface area contributed by atoms with Crippen LogP contribution in [-0.2, 0) is 4.74 Å². The van der Waals surface area contributed by atoms with E-state index in [2.05, 4.69) is 32.4 Å². The molecule has 0 spiro atoms. The van der Waals surface area contributed by atoms with Crippen LogP contribution in [0.5, 0.6) is 0 Å². The number of anilines is 3. The molecule has 10 heteroatoms. The zero-order valence-electron chi connectivity index (χ0n) is 16.3. The van der Waals surface area contributed by atoms with Crippen LogP contribution in [0.4, 0.5) is 17.2 Å². The second-order valence-corrected chi connectivity index (χ2v) is 7.56. The monoisotopic (exact) mass is 401 g/mol. The van der Waals surface area contributed by atoms with Gasteiger partial charge in [-0.25, -0.2) is 9.97 Å². The number of hydrogen-bond donors (Lipinski definition) is 2. The maximum absolute atomic E-state index is 9.67. The van der Waals surface area contributed by atoms with Crippen LogP contribution in [0, 0.1) is 22.7 Å². The molecule has 0 amide bonds. The van der Waals surface area contributed by atoms with Gasteiger partial charge < -0.3 is 20.7 Å². The van der Waals surface area contributed by atoms with E-state index in [9.17, 15) is 5.26 Å². The van der Waals surface area contributed by atoms with Crippen molar-refractivity contribution in [2.45, 2.75) is 31.5 Å². The van der Waals surface area contributed by atoms with E-state index >= 15 is 0 Å². The molecule has 0 aromatic carbocycles. The number of aromatic nitrogens is 4. The highest BCUT2D eigenvalue weighted by Crippen LogP contribution is 2.34. The summed E-state index contributed by atoms with van der Waals surface area (Å²) in [5.41, 5.74) is 8.16. The van der Waals surface area contributed by atoms with E-state index in [1.54, 1.807) is 23.9 Å². The van der Waals surface area contributed by atoms with Gasteiger partial charge in [0.15, 0.2) is 11.5 Å². The summed E-state index contributed by atoms with van der Waals surface area (Å²) in [7, 11) is 0. The fraction of sp³-hybridized carbons (Fsp3) is 0.350. The van der Waals surface area contributed by atoms with Crippen molar-refractivity contribution in [2.24, 2.45) is 0 Å². The van der Waals surface area contributed by atoms with Gasteiger partial charge in [0, 0.05) is 18.0 Å². The minimum absolute atomic E-state index is 0.193. The first-order valence-electron chi connectivity index (χ1n) is 9.66. The molecule has 3 aromatic rings. The molecule has 3 atom stereocenters. The van der Waals surface area contributed by atoms with E-state index in [-0.39, 0.29) is 12.1 Å². The van der Waals surface area contributed by atoms with Gasteiger partial charge in [-0.2, -0.15) is 20.3 Å². The van der Waals surface area contributed by atoms with E-state index in [0.29, 0.717) is 40.8 Å². The molecule has 2 aliphatic rings. The van der Waals surface area contributed by atoms with Gasteiger partial charge in [0.2, 0.25) is 0 Å². The summed E-state index contributed by atoms with van der Waals surface area (Å²) in [4.78, 5) is 11.4. The van der Waals surface area contributed by atoms with Crippen molar-refractivity contribution in [3.63, 3.8) is 0 Å². The van der Waals surface area contributed by atoms with Crippen LogP contribution in [-0.4, -0.2) is 51.1 Å². The molecule has 0 saturated carbocycles. The number of nitrogen functional groups attached to an aromatic ring is 1. The van der Waals surface area contributed by atoms with E-state index in [1.807, 2.05) is 6.07 Å². The number of fused-ring (bicyclic) bond motifs is 3. The van der Waals surface area contributed by atoms with E-state index in [0.717, 1.165) is 18.4 Å². The molecule has 3 N–H and O–H groups in total. The predicted molar refractivity (Wildman–Crippen MR) is 110 cm³/mol. The first-order valence-corrected chi connectivity index (χ1v) is 9.66. The Hall–Kier alpha value is -3.89. The van der Waals surface area contributed by atoms with Crippen molar-refractivity contribution < 1.29 is 4.74 Å². The Kier molecular flexibility index (Phi) is 4.16. The Morgan fingerprint density at radius 2 is 2.20 bits per heavy atom. The maximum atomic E-state index is 9.67. The van der Waals surface area contributed by atoms with Crippen molar-refractivity contribution in [1.29, 1.82) is 10.5 Å². The number of nitrogens with two attached hydrogens (primary N) is 1. The lowest BCUT2D eigenvalue weighted by Gasteiger charge is -2.28. The van der Waals surface area contributed by atoms with E-state index in [4.69, 9.17) is 20.7 Å². The van der Waals surface area contributed by atoms with Gasteiger partial charge in [-0.3, -0.25) is 0 Å². The third-order valence-electron chi connectivity index (χ3n) is 5.52. The fourth-order valence-corrected chi connectivity index (χ4v) is 4.04. The van der Waals surface area contributed by atoms with Gasteiger partial charge in [0.25, 0.3) is 0 Å².